The van der Waals surface area contributed by atoms with E-state index in [0.29, 0.717) is 19.7 Å². The highest BCUT2D eigenvalue weighted by atomic mass is 35.5. The van der Waals surface area contributed by atoms with Gasteiger partial charge in [-0.1, -0.05) is 49.1 Å². The second kappa shape index (κ2) is 11.3. The molecule has 4 rings (SSSR count). The molecule has 5 nitrogen and oxygen atoms in total. The third kappa shape index (κ3) is 6.11. The summed E-state index contributed by atoms with van der Waals surface area (Å²) in [7, 11) is 0. The summed E-state index contributed by atoms with van der Waals surface area (Å²) in [5, 5.41) is 3.86. The van der Waals surface area contributed by atoms with Crippen LogP contribution in [0.15, 0.2) is 66.9 Å². The molecule has 2 aromatic carbocycles. The van der Waals surface area contributed by atoms with Crippen molar-refractivity contribution in [2.24, 2.45) is 0 Å². The first kappa shape index (κ1) is 23.2. The number of aromatic nitrogens is 1. The van der Waals surface area contributed by atoms with E-state index in [1.54, 1.807) is 0 Å². The van der Waals surface area contributed by atoms with Crippen LogP contribution in [-0.2, 0) is 13.1 Å². The van der Waals surface area contributed by atoms with Gasteiger partial charge in [0, 0.05) is 35.2 Å². The van der Waals surface area contributed by atoms with E-state index >= 15 is 0 Å². The van der Waals surface area contributed by atoms with Gasteiger partial charge in [0.25, 0.3) is 0 Å². The summed E-state index contributed by atoms with van der Waals surface area (Å²) >= 11 is 6.40. The van der Waals surface area contributed by atoms with Gasteiger partial charge < -0.3 is 19.5 Å². The number of urea groups is 1. The van der Waals surface area contributed by atoms with E-state index in [1.807, 2.05) is 66.4 Å². The molecule has 0 bridgehead atoms. The first-order chi connectivity index (χ1) is 16.1. The number of ether oxygens (including phenoxy) is 1. The molecule has 1 saturated carbocycles. The van der Waals surface area contributed by atoms with Crippen molar-refractivity contribution in [1.29, 1.82) is 0 Å². The summed E-state index contributed by atoms with van der Waals surface area (Å²) in [6.45, 7) is 3.82. The molecule has 33 heavy (non-hydrogen) atoms. The number of anilines is 1. The standard InChI is InChI=1S/C27H32ClN3O2/c1-2-33-25-16-14-22(15-17-25)29-27(32)31(23-10-4-3-5-11-23)20-24-12-8-18-30(24)19-21-9-6-7-13-26(21)28/h6-9,12-18,23H,2-5,10-11,19-20H2,1H3,(H,29,32). The molecule has 1 heterocycles. The lowest BCUT2D eigenvalue weighted by Gasteiger charge is -2.34. The van der Waals surface area contributed by atoms with Crippen molar-refractivity contribution in [1.82, 2.24) is 9.47 Å². The highest BCUT2D eigenvalue weighted by Crippen LogP contribution is 2.26. The van der Waals surface area contributed by atoms with Gasteiger partial charge in [0.15, 0.2) is 0 Å². The number of hydrogen-bond donors (Lipinski definition) is 1. The van der Waals surface area contributed by atoms with Crippen LogP contribution < -0.4 is 10.1 Å². The molecule has 6 heteroatoms. The molecule has 1 aromatic heterocycles. The van der Waals surface area contributed by atoms with Crippen molar-refractivity contribution >= 4 is 23.3 Å². The van der Waals surface area contributed by atoms with Gasteiger partial charge in [0.1, 0.15) is 5.75 Å². The van der Waals surface area contributed by atoms with Gasteiger partial charge in [-0.25, -0.2) is 4.79 Å². The van der Waals surface area contributed by atoms with Gasteiger partial charge in [0.2, 0.25) is 0 Å². The van der Waals surface area contributed by atoms with Crippen LogP contribution in [0.5, 0.6) is 5.75 Å². The zero-order valence-corrected chi connectivity index (χ0v) is 19.9. The normalized spacial score (nSPS) is 14.1. The molecular formula is C27H32ClN3O2. The van der Waals surface area contributed by atoms with Gasteiger partial charge in [-0.05, 0) is 67.8 Å². The van der Waals surface area contributed by atoms with E-state index in [4.69, 9.17) is 16.3 Å². The number of carbonyl (C=O) groups excluding carboxylic acids is 1. The Balaban J connectivity index is 1.51. The summed E-state index contributed by atoms with van der Waals surface area (Å²) in [5.74, 6) is 0.803. The second-order valence-electron chi connectivity index (χ2n) is 8.53. The second-order valence-corrected chi connectivity index (χ2v) is 8.93. The zero-order valence-electron chi connectivity index (χ0n) is 19.2. The van der Waals surface area contributed by atoms with E-state index in [1.165, 1.54) is 6.42 Å². The topological polar surface area (TPSA) is 46.5 Å². The van der Waals surface area contributed by atoms with E-state index in [2.05, 4.69) is 22.1 Å². The van der Waals surface area contributed by atoms with Crippen molar-refractivity contribution in [3.63, 3.8) is 0 Å². The Bertz CT molecular complexity index is 1040. The predicted molar refractivity (Wildman–Crippen MR) is 134 cm³/mol. The van der Waals surface area contributed by atoms with Crippen LogP contribution in [0, 0.1) is 0 Å². The summed E-state index contributed by atoms with van der Waals surface area (Å²) in [6, 6.07) is 19.8. The van der Waals surface area contributed by atoms with Crippen molar-refractivity contribution in [3.05, 3.63) is 83.1 Å². The Morgan fingerprint density at radius 3 is 2.55 bits per heavy atom. The van der Waals surface area contributed by atoms with E-state index < -0.39 is 0 Å². The number of benzene rings is 2. The minimum Gasteiger partial charge on any atom is -0.494 e. The minimum atomic E-state index is -0.0587. The van der Waals surface area contributed by atoms with Crippen LogP contribution in [0.1, 0.15) is 50.3 Å². The summed E-state index contributed by atoms with van der Waals surface area (Å²) in [5.41, 5.74) is 2.94. The van der Waals surface area contributed by atoms with E-state index in [-0.39, 0.29) is 12.1 Å². The lowest BCUT2D eigenvalue weighted by atomic mass is 9.94. The molecule has 1 N–H and O–H groups in total. The monoisotopic (exact) mass is 465 g/mol. The fourth-order valence-corrected chi connectivity index (χ4v) is 4.68. The average molecular weight is 466 g/mol. The van der Waals surface area contributed by atoms with Crippen molar-refractivity contribution < 1.29 is 9.53 Å². The Hall–Kier alpha value is -2.92. The Morgan fingerprint density at radius 2 is 1.82 bits per heavy atom. The van der Waals surface area contributed by atoms with Crippen LogP contribution in [0.3, 0.4) is 0 Å². The molecule has 0 radical (unpaired) electrons. The number of rotatable bonds is 8. The molecule has 2 amide bonds. The van der Waals surface area contributed by atoms with E-state index in [9.17, 15) is 4.79 Å². The van der Waals surface area contributed by atoms with Crippen molar-refractivity contribution in [2.75, 3.05) is 11.9 Å². The van der Waals surface area contributed by atoms with Crippen LogP contribution in [0.4, 0.5) is 10.5 Å². The molecular weight excluding hydrogens is 434 g/mol. The molecule has 1 aliphatic rings. The maximum atomic E-state index is 13.4. The van der Waals surface area contributed by atoms with Gasteiger partial charge in [-0.3, -0.25) is 0 Å². The molecule has 1 fully saturated rings. The molecule has 1 aliphatic carbocycles. The molecule has 0 atom stereocenters. The number of carbonyl (C=O) groups is 1. The zero-order chi connectivity index (χ0) is 23.0. The lowest BCUT2D eigenvalue weighted by molar-refractivity contribution is 0.161. The van der Waals surface area contributed by atoms with Crippen LogP contribution in [-0.4, -0.2) is 28.1 Å². The Morgan fingerprint density at radius 1 is 1.06 bits per heavy atom. The third-order valence-corrected chi connectivity index (χ3v) is 6.62. The summed E-state index contributed by atoms with van der Waals surface area (Å²) < 4.78 is 7.70. The summed E-state index contributed by atoms with van der Waals surface area (Å²) in [6.07, 6.45) is 7.72. The largest absolute Gasteiger partial charge is 0.494 e. The average Bonchev–Trinajstić information content (AvgIpc) is 3.27. The quantitative estimate of drug-likeness (QED) is 0.391. The maximum Gasteiger partial charge on any atom is 0.322 e. The first-order valence-electron chi connectivity index (χ1n) is 11.8. The lowest BCUT2D eigenvalue weighted by Crippen LogP contribution is -2.43. The molecule has 0 unspecified atom stereocenters. The molecule has 0 spiro atoms. The van der Waals surface area contributed by atoms with Gasteiger partial charge in [0.05, 0.1) is 13.2 Å². The number of hydrogen-bond acceptors (Lipinski definition) is 2. The van der Waals surface area contributed by atoms with Gasteiger partial charge >= 0.3 is 6.03 Å². The minimum absolute atomic E-state index is 0.0587. The number of nitrogens with zero attached hydrogens (tertiary/aromatic N) is 2. The molecule has 0 saturated heterocycles. The van der Waals surface area contributed by atoms with Crippen LogP contribution in [0.25, 0.3) is 0 Å². The molecule has 0 aliphatic heterocycles. The fourth-order valence-electron chi connectivity index (χ4n) is 4.49. The highest BCUT2D eigenvalue weighted by molar-refractivity contribution is 6.31. The number of halogens is 1. The van der Waals surface area contributed by atoms with Crippen molar-refractivity contribution in [2.45, 2.75) is 58.2 Å². The summed E-state index contributed by atoms with van der Waals surface area (Å²) in [4.78, 5) is 15.4. The highest BCUT2D eigenvalue weighted by Gasteiger charge is 2.26. The Kier molecular flexibility index (Phi) is 7.95. The number of amides is 2. The smallest absolute Gasteiger partial charge is 0.322 e. The SMILES string of the molecule is CCOc1ccc(NC(=O)N(Cc2cccn2Cc2ccccc2Cl)C2CCCCC2)cc1. The Labute approximate surface area is 201 Å². The first-order valence-corrected chi connectivity index (χ1v) is 12.2. The van der Waals surface area contributed by atoms with Crippen LogP contribution >= 0.6 is 11.6 Å². The fraction of sp³-hybridized carbons (Fsp3) is 0.370. The molecule has 174 valence electrons. The van der Waals surface area contributed by atoms with E-state index in [0.717, 1.165) is 53.4 Å². The van der Waals surface area contributed by atoms with Gasteiger partial charge in [-0.2, -0.15) is 0 Å². The van der Waals surface area contributed by atoms with Crippen LogP contribution in [0.2, 0.25) is 5.02 Å². The maximum absolute atomic E-state index is 13.4. The van der Waals surface area contributed by atoms with Crippen molar-refractivity contribution in [3.8, 4) is 5.75 Å². The number of nitrogens with one attached hydrogen (secondary N) is 1. The molecule has 3 aromatic rings. The predicted octanol–water partition coefficient (Wildman–Crippen LogP) is 6.96. The van der Waals surface area contributed by atoms with Gasteiger partial charge in [-0.15, -0.1) is 0 Å². The third-order valence-electron chi connectivity index (χ3n) is 6.25.